The fourth-order valence-corrected chi connectivity index (χ4v) is 1.80. The van der Waals surface area contributed by atoms with Gasteiger partial charge in [0.15, 0.2) is 3.92 Å². The minimum absolute atomic E-state index is 0.160. The van der Waals surface area contributed by atoms with Gasteiger partial charge in [0.2, 0.25) is 6.10 Å². The minimum atomic E-state index is -0.963. The molecule has 0 aliphatic rings. The van der Waals surface area contributed by atoms with E-state index in [1.54, 1.807) is 12.3 Å². The zero-order chi connectivity index (χ0) is 12.8. The molecular weight excluding hydrogens is 314 g/mol. The molecule has 8 heteroatoms. The first kappa shape index (κ1) is 13.9. The van der Waals surface area contributed by atoms with Crippen LogP contribution < -0.4 is 4.89 Å². The van der Waals surface area contributed by atoms with Crippen molar-refractivity contribution in [2.24, 2.45) is 0 Å². The molecule has 0 fully saturated rings. The topological polar surface area (TPSA) is 74.7 Å². The molecule has 0 aliphatic heterocycles. The van der Waals surface area contributed by atoms with Crippen LogP contribution in [0, 0.1) is 0 Å². The van der Waals surface area contributed by atoms with E-state index in [1.165, 1.54) is 18.3 Å². The summed E-state index contributed by atoms with van der Waals surface area (Å²) in [7, 11) is 0. The van der Waals surface area contributed by atoms with Crippen LogP contribution >= 0.6 is 27.3 Å². The molecule has 0 saturated carbocycles. The molecule has 1 atom stereocenters. The quantitative estimate of drug-likeness (QED) is 0.469. The summed E-state index contributed by atoms with van der Waals surface area (Å²) in [6.45, 7) is 2.91. The summed E-state index contributed by atoms with van der Waals surface area (Å²) < 4.78 is 5.34. The molecule has 0 N–H and O–H groups in total. The van der Waals surface area contributed by atoms with E-state index < -0.39 is 18.0 Å². The standard InChI is InChI=1S/C9H10BrNO5S/c1-3-6(14-5(2)12)8(13)16-15-7-4-17-9(10)11-7/h4,6H,3H2,1-2H3. The summed E-state index contributed by atoms with van der Waals surface area (Å²) in [5, 5.41) is 1.56. The second-order valence-corrected chi connectivity index (χ2v) is 5.06. The van der Waals surface area contributed by atoms with Crippen molar-refractivity contribution in [1.82, 2.24) is 4.98 Å². The third kappa shape index (κ3) is 4.70. The molecule has 6 nitrogen and oxygen atoms in total. The fraction of sp³-hybridized carbons (Fsp3) is 0.444. The number of carbonyl (C=O) groups is 2. The van der Waals surface area contributed by atoms with Gasteiger partial charge in [0, 0.05) is 6.92 Å². The molecular formula is C9H10BrNO5S. The first-order valence-corrected chi connectivity index (χ1v) is 6.36. The van der Waals surface area contributed by atoms with Gasteiger partial charge in [-0.05, 0) is 22.4 Å². The number of hydrogen-bond donors (Lipinski definition) is 0. The molecule has 1 unspecified atom stereocenters. The molecule has 0 bridgehead atoms. The van der Waals surface area contributed by atoms with Crippen LogP contribution in [-0.2, 0) is 19.2 Å². The van der Waals surface area contributed by atoms with E-state index in [0.29, 0.717) is 10.3 Å². The number of hydrogen-bond acceptors (Lipinski definition) is 7. The molecule has 0 saturated heterocycles. The van der Waals surface area contributed by atoms with E-state index in [1.807, 2.05) is 0 Å². The Morgan fingerprint density at radius 3 is 2.76 bits per heavy atom. The van der Waals surface area contributed by atoms with Crippen LogP contribution in [0.15, 0.2) is 9.30 Å². The largest absolute Gasteiger partial charge is 0.450 e. The molecule has 17 heavy (non-hydrogen) atoms. The summed E-state index contributed by atoms with van der Waals surface area (Å²) >= 11 is 4.42. The number of ether oxygens (including phenoxy) is 1. The van der Waals surface area contributed by atoms with Gasteiger partial charge in [-0.15, -0.1) is 11.3 Å². The number of carbonyl (C=O) groups excluding carboxylic acids is 2. The summed E-state index contributed by atoms with van der Waals surface area (Å²) in [4.78, 5) is 35.2. The number of thiazole rings is 1. The van der Waals surface area contributed by atoms with E-state index in [2.05, 4.69) is 30.7 Å². The molecule has 1 rings (SSSR count). The Labute approximate surface area is 110 Å². The summed E-state index contributed by atoms with van der Waals surface area (Å²) in [5.74, 6) is -1.16. The first-order valence-electron chi connectivity index (χ1n) is 4.69. The molecule has 1 aromatic rings. The predicted octanol–water partition coefficient (Wildman–Crippen LogP) is 2.08. The normalized spacial score (nSPS) is 11.7. The highest BCUT2D eigenvalue weighted by atomic mass is 79.9. The SMILES string of the molecule is CCC(OC(C)=O)C(=O)OOc1csc(Br)n1. The van der Waals surface area contributed by atoms with E-state index in [-0.39, 0.29) is 5.88 Å². The number of aromatic nitrogens is 1. The minimum Gasteiger partial charge on any atom is -0.450 e. The maximum Gasteiger partial charge on any atom is 0.395 e. The van der Waals surface area contributed by atoms with Crippen LogP contribution in [0.1, 0.15) is 20.3 Å². The first-order chi connectivity index (χ1) is 8.02. The Hall–Kier alpha value is -1.15. The third-order valence-electron chi connectivity index (χ3n) is 1.61. The molecule has 94 valence electrons. The molecule has 1 heterocycles. The van der Waals surface area contributed by atoms with Gasteiger partial charge in [-0.1, -0.05) is 6.92 Å². The smallest absolute Gasteiger partial charge is 0.395 e. The van der Waals surface area contributed by atoms with E-state index in [0.717, 1.165) is 0 Å². The van der Waals surface area contributed by atoms with Crippen molar-refractivity contribution < 1.29 is 24.1 Å². The summed E-state index contributed by atoms with van der Waals surface area (Å²) in [6, 6.07) is 0. The number of nitrogens with zero attached hydrogens (tertiary/aromatic N) is 1. The highest BCUT2D eigenvalue weighted by molar-refractivity contribution is 9.11. The Balaban J connectivity index is 2.44. The second kappa shape index (κ2) is 6.55. The summed E-state index contributed by atoms with van der Waals surface area (Å²) in [5.41, 5.74) is 0. The lowest BCUT2D eigenvalue weighted by atomic mass is 10.3. The fourth-order valence-electron chi connectivity index (χ4n) is 0.913. The second-order valence-electron chi connectivity index (χ2n) is 2.93. The van der Waals surface area contributed by atoms with Crippen LogP contribution in [0.25, 0.3) is 0 Å². The molecule has 0 aromatic carbocycles. The lowest BCUT2D eigenvalue weighted by Gasteiger charge is -2.11. The van der Waals surface area contributed by atoms with Gasteiger partial charge < -0.3 is 4.74 Å². The number of halogens is 1. The molecule has 0 aliphatic carbocycles. The highest BCUT2D eigenvalue weighted by Crippen LogP contribution is 2.21. The Morgan fingerprint density at radius 2 is 2.29 bits per heavy atom. The Kier molecular flexibility index (Phi) is 5.36. The number of esters is 1. The van der Waals surface area contributed by atoms with Gasteiger partial charge in [0.1, 0.15) is 0 Å². The monoisotopic (exact) mass is 323 g/mol. The molecule has 0 radical (unpaired) electrons. The van der Waals surface area contributed by atoms with E-state index in [4.69, 9.17) is 4.74 Å². The van der Waals surface area contributed by atoms with Crippen molar-refractivity contribution in [1.29, 1.82) is 0 Å². The van der Waals surface area contributed by atoms with E-state index in [9.17, 15) is 9.59 Å². The average molecular weight is 324 g/mol. The maximum atomic E-state index is 11.4. The van der Waals surface area contributed by atoms with Gasteiger partial charge in [0.05, 0.1) is 5.38 Å². The molecule has 1 aromatic heterocycles. The third-order valence-corrected chi connectivity index (χ3v) is 2.95. The number of rotatable bonds is 5. The highest BCUT2D eigenvalue weighted by Gasteiger charge is 2.23. The van der Waals surface area contributed by atoms with E-state index >= 15 is 0 Å². The van der Waals surface area contributed by atoms with Crippen LogP contribution in [0.3, 0.4) is 0 Å². The van der Waals surface area contributed by atoms with Gasteiger partial charge in [0.25, 0.3) is 5.88 Å². The zero-order valence-corrected chi connectivity index (χ0v) is 11.5. The van der Waals surface area contributed by atoms with Crippen LogP contribution in [-0.4, -0.2) is 23.0 Å². The van der Waals surface area contributed by atoms with Crippen molar-refractivity contribution in [2.75, 3.05) is 0 Å². The van der Waals surface area contributed by atoms with Crippen molar-refractivity contribution in [3.63, 3.8) is 0 Å². The lowest BCUT2D eigenvalue weighted by Crippen LogP contribution is -2.28. The van der Waals surface area contributed by atoms with Crippen LogP contribution in [0.4, 0.5) is 0 Å². The summed E-state index contributed by atoms with van der Waals surface area (Å²) in [6.07, 6.45) is -0.655. The van der Waals surface area contributed by atoms with Crippen molar-refractivity contribution in [3.8, 4) is 5.88 Å². The Morgan fingerprint density at radius 1 is 1.59 bits per heavy atom. The van der Waals surface area contributed by atoms with Crippen molar-refractivity contribution in [2.45, 2.75) is 26.4 Å². The predicted molar refractivity (Wildman–Crippen MR) is 62.4 cm³/mol. The zero-order valence-electron chi connectivity index (χ0n) is 9.14. The van der Waals surface area contributed by atoms with Crippen molar-refractivity contribution in [3.05, 3.63) is 9.30 Å². The van der Waals surface area contributed by atoms with Crippen molar-refractivity contribution >= 4 is 39.2 Å². The van der Waals surface area contributed by atoms with Crippen LogP contribution in [0.5, 0.6) is 5.88 Å². The van der Waals surface area contributed by atoms with Gasteiger partial charge >= 0.3 is 11.9 Å². The maximum absolute atomic E-state index is 11.4. The van der Waals surface area contributed by atoms with Gasteiger partial charge in [-0.25, -0.2) is 9.68 Å². The van der Waals surface area contributed by atoms with Gasteiger partial charge in [-0.2, -0.15) is 4.98 Å². The molecule has 0 spiro atoms. The van der Waals surface area contributed by atoms with Crippen LogP contribution in [0.2, 0.25) is 0 Å². The average Bonchev–Trinajstić information content (AvgIpc) is 2.68. The van der Waals surface area contributed by atoms with Gasteiger partial charge in [-0.3, -0.25) is 9.68 Å². The lowest BCUT2D eigenvalue weighted by molar-refractivity contribution is -0.226. The Bertz CT molecular complexity index is 408. The molecule has 0 amide bonds.